The summed E-state index contributed by atoms with van der Waals surface area (Å²) < 4.78 is 0. The molecule has 4 atom stereocenters. The third-order valence-corrected chi connectivity index (χ3v) is 7.45. The van der Waals surface area contributed by atoms with Crippen molar-refractivity contribution in [1.29, 1.82) is 0 Å². The molecule has 138 valence electrons. The molecule has 4 unspecified atom stereocenters. The highest BCUT2D eigenvalue weighted by molar-refractivity contribution is 8.15. The Kier molecular flexibility index (Phi) is 5.34. The highest BCUT2D eigenvalue weighted by Gasteiger charge is 2.41. The Balaban J connectivity index is 1.28. The zero-order chi connectivity index (χ0) is 17.2. The molecule has 0 aromatic heterocycles. The molecule has 0 aromatic carbocycles. The summed E-state index contributed by atoms with van der Waals surface area (Å²) in [6.45, 7) is 0. The molecule has 4 aliphatic rings. The van der Waals surface area contributed by atoms with Gasteiger partial charge in [0.15, 0.2) is 5.17 Å². The molecule has 3 saturated carbocycles. The molecule has 2 N–H and O–H groups in total. The van der Waals surface area contributed by atoms with Crippen molar-refractivity contribution in [3.8, 4) is 0 Å². The number of hydrogen-bond acceptors (Lipinski definition) is 4. The van der Waals surface area contributed by atoms with E-state index in [1.807, 2.05) is 0 Å². The van der Waals surface area contributed by atoms with Crippen molar-refractivity contribution in [2.24, 2.45) is 16.8 Å². The van der Waals surface area contributed by atoms with Crippen molar-refractivity contribution < 1.29 is 9.59 Å². The Labute approximate surface area is 154 Å². The highest BCUT2D eigenvalue weighted by Crippen LogP contribution is 2.46. The summed E-state index contributed by atoms with van der Waals surface area (Å²) in [7, 11) is 0. The quantitative estimate of drug-likeness (QED) is 0.754. The van der Waals surface area contributed by atoms with E-state index < -0.39 is 0 Å². The van der Waals surface area contributed by atoms with Crippen LogP contribution in [0.5, 0.6) is 0 Å². The van der Waals surface area contributed by atoms with Gasteiger partial charge in [-0.15, -0.1) is 0 Å². The van der Waals surface area contributed by atoms with E-state index in [0.717, 1.165) is 23.9 Å². The maximum absolute atomic E-state index is 12.3. The van der Waals surface area contributed by atoms with Gasteiger partial charge in [0, 0.05) is 12.5 Å². The van der Waals surface area contributed by atoms with Crippen LogP contribution in [-0.4, -0.2) is 34.3 Å². The second kappa shape index (κ2) is 7.68. The molecule has 2 bridgehead atoms. The molecule has 6 heteroatoms. The number of hydrogen-bond donors (Lipinski definition) is 2. The molecular weight excluding hydrogens is 334 g/mol. The fourth-order valence-corrected chi connectivity index (χ4v) is 6.03. The molecule has 0 radical (unpaired) electrons. The van der Waals surface area contributed by atoms with E-state index in [2.05, 4.69) is 10.6 Å². The van der Waals surface area contributed by atoms with Gasteiger partial charge in [-0.25, -0.2) is 0 Å². The largest absolute Gasteiger partial charge is 0.353 e. The van der Waals surface area contributed by atoms with Crippen molar-refractivity contribution >= 4 is 28.7 Å². The first-order valence-electron chi connectivity index (χ1n) is 10.0. The van der Waals surface area contributed by atoms with E-state index in [-0.39, 0.29) is 23.5 Å². The van der Waals surface area contributed by atoms with E-state index in [9.17, 15) is 9.59 Å². The third-order valence-electron chi connectivity index (χ3n) is 6.35. The van der Waals surface area contributed by atoms with Gasteiger partial charge in [-0.05, 0) is 43.9 Å². The van der Waals surface area contributed by atoms with E-state index in [1.165, 1.54) is 63.1 Å². The van der Waals surface area contributed by atoms with Crippen LogP contribution in [-0.2, 0) is 9.59 Å². The van der Waals surface area contributed by atoms with Gasteiger partial charge in [-0.3, -0.25) is 14.6 Å². The molecule has 1 saturated heterocycles. The average molecular weight is 364 g/mol. The average Bonchev–Trinajstić information content (AvgIpc) is 3.21. The number of nitrogens with zero attached hydrogens (tertiary/aromatic N) is 1. The van der Waals surface area contributed by atoms with E-state index in [1.54, 1.807) is 0 Å². The molecule has 0 aromatic rings. The van der Waals surface area contributed by atoms with Crippen molar-refractivity contribution in [2.75, 3.05) is 0 Å². The van der Waals surface area contributed by atoms with Crippen molar-refractivity contribution in [3.05, 3.63) is 0 Å². The second-order valence-electron chi connectivity index (χ2n) is 8.23. The lowest BCUT2D eigenvalue weighted by Gasteiger charge is -2.18. The minimum absolute atomic E-state index is 0.0146. The van der Waals surface area contributed by atoms with Crippen LogP contribution in [0.25, 0.3) is 0 Å². The lowest BCUT2D eigenvalue weighted by Crippen LogP contribution is -2.37. The predicted octanol–water partition coefficient (Wildman–Crippen LogP) is 2.99. The van der Waals surface area contributed by atoms with Gasteiger partial charge in [0.1, 0.15) is 5.25 Å². The number of fused-ring (bicyclic) bond motifs is 2. The summed E-state index contributed by atoms with van der Waals surface area (Å²) in [5, 5.41) is 6.48. The summed E-state index contributed by atoms with van der Waals surface area (Å²) in [6.07, 6.45) is 12.5. The monoisotopic (exact) mass is 363 g/mol. The molecule has 4 rings (SSSR count). The number of thioether (sulfide) groups is 1. The molecule has 4 fully saturated rings. The molecule has 5 nitrogen and oxygen atoms in total. The van der Waals surface area contributed by atoms with Crippen molar-refractivity contribution in [3.63, 3.8) is 0 Å². The Hall–Kier alpha value is -1.04. The van der Waals surface area contributed by atoms with E-state index in [0.29, 0.717) is 18.0 Å². The van der Waals surface area contributed by atoms with Crippen LogP contribution in [0.4, 0.5) is 0 Å². The number of amides is 2. The van der Waals surface area contributed by atoms with E-state index >= 15 is 0 Å². The van der Waals surface area contributed by atoms with Gasteiger partial charge in [0.05, 0.1) is 6.04 Å². The van der Waals surface area contributed by atoms with Gasteiger partial charge >= 0.3 is 0 Å². The fourth-order valence-electron chi connectivity index (χ4n) is 5.00. The topological polar surface area (TPSA) is 70.6 Å². The Morgan fingerprint density at radius 2 is 1.92 bits per heavy atom. The number of nitrogens with one attached hydrogen (secondary N) is 2. The van der Waals surface area contributed by atoms with Gasteiger partial charge in [0.2, 0.25) is 11.8 Å². The summed E-state index contributed by atoms with van der Waals surface area (Å²) in [5.41, 5.74) is 0. The van der Waals surface area contributed by atoms with Crippen LogP contribution in [0.15, 0.2) is 4.99 Å². The molecule has 1 aliphatic heterocycles. The summed E-state index contributed by atoms with van der Waals surface area (Å²) in [6, 6.07) is 0.687. The highest BCUT2D eigenvalue weighted by atomic mass is 32.2. The summed E-state index contributed by atoms with van der Waals surface area (Å²) in [4.78, 5) is 29.4. The Morgan fingerprint density at radius 3 is 2.60 bits per heavy atom. The first kappa shape index (κ1) is 17.4. The minimum atomic E-state index is -0.317. The number of amidine groups is 1. The zero-order valence-corrected chi connectivity index (χ0v) is 15.7. The molecule has 2 amide bonds. The molecule has 0 spiro atoms. The predicted molar refractivity (Wildman–Crippen MR) is 100 cm³/mol. The molecular formula is C19H29N3O2S. The maximum atomic E-state index is 12.3. The van der Waals surface area contributed by atoms with Crippen LogP contribution in [0.3, 0.4) is 0 Å². The van der Waals surface area contributed by atoms with Gasteiger partial charge < -0.3 is 10.6 Å². The summed E-state index contributed by atoms with van der Waals surface area (Å²) >= 11 is 1.46. The molecule has 1 heterocycles. The lowest BCUT2D eigenvalue weighted by molar-refractivity contribution is -0.125. The SMILES string of the molecule is O=C(CC1SC(=NC2CC3CCC2C3)NC1=O)NC1CCCCCC1. The maximum Gasteiger partial charge on any atom is 0.240 e. The zero-order valence-electron chi connectivity index (χ0n) is 14.8. The minimum Gasteiger partial charge on any atom is -0.353 e. The van der Waals surface area contributed by atoms with E-state index in [4.69, 9.17) is 4.99 Å². The van der Waals surface area contributed by atoms with Crippen LogP contribution >= 0.6 is 11.8 Å². The third kappa shape index (κ3) is 4.21. The molecule has 3 aliphatic carbocycles. The van der Waals surface area contributed by atoms with Crippen LogP contribution in [0.2, 0.25) is 0 Å². The Morgan fingerprint density at radius 1 is 1.12 bits per heavy atom. The normalized spacial score (nSPS) is 37.3. The van der Waals surface area contributed by atoms with Gasteiger partial charge in [-0.1, -0.05) is 43.9 Å². The van der Waals surface area contributed by atoms with Crippen LogP contribution < -0.4 is 10.6 Å². The van der Waals surface area contributed by atoms with Crippen LogP contribution in [0, 0.1) is 11.8 Å². The standard InChI is InChI=1S/C19H29N3O2S/c23-17(20-14-5-3-1-2-4-6-14)11-16-18(24)22-19(25-16)21-15-10-12-7-8-13(15)9-12/h12-16H,1-11H2,(H,20,23)(H,21,22,24). The second-order valence-corrected chi connectivity index (χ2v) is 9.42. The fraction of sp³-hybridized carbons (Fsp3) is 0.842. The number of rotatable bonds is 4. The first-order chi connectivity index (χ1) is 12.2. The number of carbonyl (C=O) groups excluding carboxylic acids is 2. The number of carbonyl (C=O) groups is 2. The smallest absolute Gasteiger partial charge is 0.240 e. The number of aliphatic imine (C=N–C) groups is 1. The van der Waals surface area contributed by atoms with Gasteiger partial charge in [-0.2, -0.15) is 0 Å². The van der Waals surface area contributed by atoms with Crippen molar-refractivity contribution in [2.45, 2.75) is 88.0 Å². The summed E-state index contributed by atoms with van der Waals surface area (Å²) in [5.74, 6) is 1.53. The molecule has 25 heavy (non-hydrogen) atoms. The first-order valence-corrected chi connectivity index (χ1v) is 10.9. The lowest BCUT2D eigenvalue weighted by atomic mass is 9.96. The Bertz CT molecular complexity index is 557. The van der Waals surface area contributed by atoms with Crippen molar-refractivity contribution in [1.82, 2.24) is 10.6 Å². The van der Waals surface area contributed by atoms with Gasteiger partial charge in [0.25, 0.3) is 0 Å². The van der Waals surface area contributed by atoms with Crippen LogP contribution in [0.1, 0.15) is 70.6 Å².